The molecule has 0 spiro atoms. The molecule has 0 aliphatic heterocycles. The maximum atomic E-state index is 12.2. The van der Waals surface area contributed by atoms with Gasteiger partial charge in [-0.15, -0.1) is 0 Å². The van der Waals surface area contributed by atoms with Gasteiger partial charge in [-0.3, -0.25) is 0 Å². The van der Waals surface area contributed by atoms with Crippen molar-refractivity contribution in [2.24, 2.45) is 0 Å². The van der Waals surface area contributed by atoms with Crippen molar-refractivity contribution >= 4 is 23.1 Å². The Morgan fingerprint density at radius 2 is 1.58 bits per heavy atom. The molecule has 0 atom stereocenters. The minimum Gasteiger partial charge on any atom is -0.493 e. The van der Waals surface area contributed by atoms with E-state index in [1.807, 2.05) is 13.0 Å². The van der Waals surface area contributed by atoms with E-state index in [1.165, 1.54) is 21.3 Å². The van der Waals surface area contributed by atoms with E-state index in [0.717, 1.165) is 5.56 Å². The Balaban J connectivity index is 2.19. The molecule has 0 saturated carbocycles. The molecule has 2 aromatic rings. The molecule has 0 aromatic heterocycles. The summed E-state index contributed by atoms with van der Waals surface area (Å²) in [6, 6.07) is 8.25. The number of hydrogen-bond acceptors (Lipinski definition) is 5. The van der Waals surface area contributed by atoms with Crippen LogP contribution in [-0.2, 0) is 0 Å². The highest BCUT2D eigenvalue weighted by molar-refractivity contribution is 6.01. The van der Waals surface area contributed by atoms with Crippen LogP contribution in [0.3, 0.4) is 0 Å². The molecule has 2 rings (SSSR count). The van der Waals surface area contributed by atoms with Crippen LogP contribution in [0.2, 0.25) is 0 Å². The van der Waals surface area contributed by atoms with Gasteiger partial charge in [0.1, 0.15) is 0 Å². The predicted molar refractivity (Wildman–Crippen MR) is 94.3 cm³/mol. The predicted octanol–water partition coefficient (Wildman–Crippen LogP) is 3.25. The Morgan fingerprint density at radius 3 is 2.08 bits per heavy atom. The van der Waals surface area contributed by atoms with Crippen molar-refractivity contribution in [2.75, 3.05) is 37.7 Å². The van der Waals surface area contributed by atoms with E-state index in [1.54, 1.807) is 24.3 Å². The Labute approximate surface area is 140 Å². The van der Waals surface area contributed by atoms with Crippen LogP contribution in [0.1, 0.15) is 5.56 Å². The van der Waals surface area contributed by atoms with Crippen molar-refractivity contribution in [1.82, 2.24) is 0 Å². The topological polar surface area (TPSA) is 94.8 Å². The maximum Gasteiger partial charge on any atom is 0.323 e. The molecule has 7 nitrogen and oxygen atoms in total. The van der Waals surface area contributed by atoms with E-state index in [4.69, 9.17) is 19.9 Å². The van der Waals surface area contributed by atoms with Crippen molar-refractivity contribution in [3.8, 4) is 17.2 Å². The second kappa shape index (κ2) is 7.45. The van der Waals surface area contributed by atoms with Crippen LogP contribution in [0.25, 0.3) is 0 Å². The maximum absolute atomic E-state index is 12.2. The molecule has 0 saturated heterocycles. The second-order valence-electron chi connectivity index (χ2n) is 5.08. The van der Waals surface area contributed by atoms with Crippen molar-refractivity contribution in [2.45, 2.75) is 6.92 Å². The van der Waals surface area contributed by atoms with Gasteiger partial charge in [0.05, 0.1) is 38.4 Å². The number of rotatable bonds is 5. The molecule has 0 bridgehead atoms. The molecule has 2 aromatic carbocycles. The van der Waals surface area contributed by atoms with E-state index in [2.05, 4.69) is 10.6 Å². The largest absolute Gasteiger partial charge is 0.493 e. The molecule has 0 aliphatic rings. The third-order valence-corrected chi connectivity index (χ3v) is 3.38. The Bertz CT molecular complexity index is 722. The number of carbonyl (C=O) groups excluding carboxylic acids is 1. The lowest BCUT2D eigenvalue weighted by atomic mass is 10.2. The summed E-state index contributed by atoms with van der Waals surface area (Å²) in [5.74, 6) is 1.35. The van der Waals surface area contributed by atoms with Gasteiger partial charge < -0.3 is 30.6 Å². The second-order valence-corrected chi connectivity index (χ2v) is 5.08. The fourth-order valence-electron chi connectivity index (χ4n) is 2.23. The summed E-state index contributed by atoms with van der Waals surface area (Å²) in [5, 5.41) is 5.41. The summed E-state index contributed by atoms with van der Waals surface area (Å²) in [6.45, 7) is 1.93. The monoisotopic (exact) mass is 331 g/mol. The van der Waals surface area contributed by atoms with Gasteiger partial charge in [-0.1, -0.05) is 6.07 Å². The first-order chi connectivity index (χ1) is 11.5. The summed E-state index contributed by atoms with van der Waals surface area (Å²) in [5.41, 5.74) is 8.43. The fourth-order valence-corrected chi connectivity index (χ4v) is 2.23. The number of anilines is 3. The molecule has 0 fully saturated rings. The number of hydrogen-bond donors (Lipinski definition) is 3. The molecular formula is C17H21N3O4. The van der Waals surface area contributed by atoms with Crippen LogP contribution in [-0.4, -0.2) is 27.4 Å². The highest BCUT2D eigenvalue weighted by Gasteiger charge is 2.14. The van der Waals surface area contributed by atoms with Crippen LogP contribution in [0.4, 0.5) is 21.9 Å². The van der Waals surface area contributed by atoms with E-state index in [9.17, 15) is 4.79 Å². The van der Waals surface area contributed by atoms with Gasteiger partial charge in [-0.2, -0.15) is 0 Å². The fraction of sp³-hybridized carbons (Fsp3) is 0.235. The van der Waals surface area contributed by atoms with Gasteiger partial charge in [-0.05, 0) is 24.6 Å². The third kappa shape index (κ3) is 3.81. The van der Waals surface area contributed by atoms with Gasteiger partial charge in [-0.25, -0.2) is 4.79 Å². The minimum absolute atomic E-state index is 0.431. The Hall–Kier alpha value is -3.09. The van der Waals surface area contributed by atoms with Crippen LogP contribution < -0.4 is 30.6 Å². The Morgan fingerprint density at radius 1 is 0.958 bits per heavy atom. The first-order valence-electron chi connectivity index (χ1n) is 7.22. The number of ether oxygens (including phenoxy) is 3. The number of aryl methyl sites for hydroxylation is 1. The Kier molecular flexibility index (Phi) is 5.36. The van der Waals surface area contributed by atoms with Crippen molar-refractivity contribution in [3.05, 3.63) is 35.9 Å². The van der Waals surface area contributed by atoms with Gasteiger partial charge in [0.15, 0.2) is 11.5 Å². The molecule has 128 valence electrons. The number of nitrogens with one attached hydrogen (secondary N) is 2. The van der Waals surface area contributed by atoms with Crippen molar-refractivity contribution < 1.29 is 19.0 Å². The normalized spacial score (nSPS) is 10.0. The molecule has 4 N–H and O–H groups in total. The molecule has 0 heterocycles. The zero-order valence-electron chi connectivity index (χ0n) is 14.1. The standard InChI is InChI=1S/C17H21N3O4/c1-10-5-6-13(12(18)7-10)20-17(21)19-11-8-14(22-2)16(24-4)15(9-11)23-3/h5-9H,18H2,1-4H3,(H2,19,20,21). The zero-order valence-corrected chi connectivity index (χ0v) is 14.1. The molecule has 2 amide bonds. The van der Waals surface area contributed by atoms with E-state index in [-0.39, 0.29) is 0 Å². The zero-order chi connectivity index (χ0) is 17.7. The SMILES string of the molecule is COc1cc(NC(=O)Nc2ccc(C)cc2N)cc(OC)c1OC. The number of urea groups is 1. The summed E-state index contributed by atoms with van der Waals surface area (Å²) in [4.78, 5) is 12.2. The van der Waals surface area contributed by atoms with Gasteiger partial charge in [0.2, 0.25) is 5.75 Å². The van der Waals surface area contributed by atoms with Crippen LogP contribution in [0, 0.1) is 6.92 Å². The van der Waals surface area contributed by atoms with Crippen LogP contribution in [0.5, 0.6) is 17.2 Å². The first-order valence-corrected chi connectivity index (χ1v) is 7.22. The molecular weight excluding hydrogens is 310 g/mol. The van der Waals surface area contributed by atoms with E-state index >= 15 is 0 Å². The number of nitrogen functional groups attached to an aromatic ring is 1. The number of amides is 2. The summed E-state index contributed by atoms with van der Waals surface area (Å²) in [7, 11) is 4.53. The average molecular weight is 331 g/mol. The number of methoxy groups -OCH3 is 3. The highest BCUT2D eigenvalue weighted by Crippen LogP contribution is 2.39. The van der Waals surface area contributed by atoms with Gasteiger partial charge in [0.25, 0.3) is 0 Å². The van der Waals surface area contributed by atoms with Crippen molar-refractivity contribution in [1.29, 1.82) is 0 Å². The molecule has 0 unspecified atom stereocenters. The number of benzene rings is 2. The number of nitrogens with two attached hydrogens (primary N) is 1. The number of carbonyl (C=O) groups is 1. The smallest absolute Gasteiger partial charge is 0.323 e. The lowest BCUT2D eigenvalue weighted by Crippen LogP contribution is -2.20. The summed E-state index contributed by atoms with van der Waals surface area (Å²) in [6.07, 6.45) is 0. The quantitative estimate of drug-likeness (QED) is 0.731. The first kappa shape index (κ1) is 17.3. The van der Waals surface area contributed by atoms with Gasteiger partial charge in [0, 0.05) is 12.1 Å². The summed E-state index contributed by atoms with van der Waals surface area (Å²) < 4.78 is 15.8. The van der Waals surface area contributed by atoms with E-state index < -0.39 is 6.03 Å². The minimum atomic E-state index is -0.431. The lowest BCUT2D eigenvalue weighted by molar-refractivity contribution is 0.262. The van der Waals surface area contributed by atoms with Crippen LogP contribution in [0.15, 0.2) is 30.3 Å². The van der Waals surface area contributed by atoms with Crippen LogP contribution >= 0.6 is 0 Å². The van der Waals surface area contributed by atoms with Gasteiger partial charge >= 0.3 is 6.03 Å². The molecule has 0 aliphatic carbocycles. The van der Waals surface area contributed by atoms with E-state index in [0.29, 0.717) is 34.3 Å². The summed E-state index contributed by atoms with van der Waals surface area (Å²) >= 11 is 0. The average Bonchev–Trinajstić information content (AvgIpc) is 2.56. The molecule has 7 heteroatoms. The molecule has 0 radical (unpaired) electrons. The molecule has 24 heavy (non-hydrogen) atoms. The highest BCUT2D eigenvalue weighted by atomic mass is 16.5. The van der Waals surface area contributed by atoms with Crippen molar-refractivity contribution in [3.63, 3.8) is 0 Å². The third-order valence-electron chi connectivity index (χ3n) is 3.38. The lowest BCUT2D eigenvalue weighted by Gasteiger charge is -2.15.